The third-order valence-electron chi connectivity index (χ3n) is 16.2. The molecule has 0 rings (SSSR count). The summed E-state index contributed by atoms with van der Waals surface area (Å²) in [6.45, 7) is 4.63. The zero-order valence-corrected chi connectivity index (χ0v) is 64.6. The number of hydrogen-bond donors (Lipinski definition) is 3. The summed E-state index contributed by atoms with van der Waals surface area (Å²) in [5.74, 6) is -2.26. The van der Waals surface area contributed by atoms with Crippen molar-refractivity contribution < 1.29 is 80.2 Å². The molecule has 0 aliphatic rings. The number of carbonyl (C=O) groups excluding carboxylic acids is 4. The smallest absolute Gasteiger partial charge is 0.462 e. The number of allylic oxidation sites excluding steroid dienone is 18. The maximum Gasteiger partial charge on any atom is 0.472 e. The van der Waals surface area contributed by atoms with Crippen molar-refractivity contribution in [3.05, 3.63) is 109 Å². The highest BCUT2D eigenvalue weighted by molar-refractivity contribution is 7.47. The molecule has 17 nitrogen and oxygen atoms in total. The molecule has 0 heterocycles. The highest BCUT2D eigenvalue weighted by Crippen LogP contribution is 2.45. The lowest BCUT2D eigenvalue weighted by Gasteiger charge is -2.21. The molecule has 0 bridgehead atoms. The van der Waals surface area contributed by atoms with Gasteiger partial charge in [0.2, 0.25) is 0 Å². The van der Waals surface area contributed by atoms with Gasteiger partial charge in [0, 0.05) is 25.7 Å². The molecule has 0 saturated heterocycles. The normalized spacial score (nSPS) is 14.5. The molecule has 19 heteroatoms. The van der Waals surface area contributed by atoms with Gasteiger partial charge in [0.15, 0.2) is 12.2 Å². The summed E-state index contributed by atoms with van der Waals surface area (Å²) in [7, 11) is -9.97. The summed E-state index contributed by atoms with van der Waals surface area (Å²) in [6.07, 6.45) is 77.9. The van der Waals surface area contributed by atoms with Crippen LogP contribution in [-0.2, 0) is 65.4 Å². The minimum Gasteiger partial charge on any atom is -0.462 e. The van der Waals surface area contributed by atoms with Gasteiger partial charge in [0.1, 0.15) is 19.3 Å². The quantitative estimate of drug-likeness (QED) is 0.0169. The third kappa shape index (κ3) is 72.1. The van der Waals surface area contributed by atoms with Crippen LogP contribution in [-0.4, -0.2) is 96.7 Å². The predicted molar refractivity (Wildman–Crippen MR) is 408 cm³/mol. The van der Waals surface area contributed by atoms with E-state index < -0.39 is 97.5 Å². The lowest BCUT2D eigenvalue weighted by molar-refractivity contribution is -0.161. The van der Waals surface area contributed by atoms with Gasteiger partial charge in [-0.2, -0.15) is 0 Å². The Morgan fingerprint density at radius 1 is 0.290 bits per heavy atom. The fourth-order valence-corrected chi connectivity index (χ4v) is 11.8. The molecule has 0 saturated carbocycles. The molecule has 0 aliphatic carbocycles. The van der Waals surface area contributed by atoms with Crippen molar-refractivity contribution in [3.63, 3.8) is 0 Å². The molecule has 100 heavy (non-hydrogen) atoms. The maximum absolute atomic E-state index is 13.1. The predicted octanol–water partition coefficient (Wildman–Crippen LogP) is 22.6. The van der Waals surface area contributed by atoms with Gasteiger partial charge in [-0.3, -0.25) is 37.3 Å². The minimum absolute atomic E-state index is 0.0745. The van der Waals surface area contributed by atoms with Crippen LogP contribution < -0.4 is 0 Å². The van der Waals surface area contributed by atoms with E-state index in [1.165, 1.54) is 89.9 Å². The van der Waals surface area contributed by atoms with Crippen LogP contribution in [0.1, 0.15) is 323 Å². The molecular formula is C81H140O17P2. The van der Waals surface area contributed by atoms with Crippen LogP contribution in [0.3, 0.4) is 0 Å². The second-order valence-electron chi connectivity index (χ2n) is 25.9. The van der Waals surface area contributed by atoms with Crippen LogP contribution in [0.2, 0.25) is 0 Å². The topological polar surface area (TPSA) is 237 Å². The number of aliphatic hydroxyl groups is 1. The Labute approximate surface area is 607 Å². The van der Waals surface area contributed by atoms with Gasteiger partial charge >= 0.3 is 39.5 Å². The second kappa shape index (κ2) is 73.0. The number of phosphoric ester groups is 2. The number of hydrogen-bond acceptors (Lipinski definition) is 15. The van der Waals surface area contributed by atoms with Crippen LogP contribution in [0.5, 0.6) is 0 Å². The van der Waals surface area contributed by atoms with Crippen LogP contribution in [0.15, 0.2) is 109 Å². The van der Waals surface area contributed by atoms with E-state index in [0.29, 0.717) is 32.1 Å². The van der Waals surface area contributed by atoms with Gasteiger partial charge in [0.25, 0.3) is 0 Å². The molecule has 0 radical (unpaired) electrons. The van der Waals surface area contributed by atoms with Crippen LogP contribution in [0.25, 0.3) is 0 Å². The van der Waals surface area contributed by atoms with Crippen molar-refractivity contribution in [3.8, 4) is 0 Å². The van der Waals surface area contributed by atoms with E-state index in [1.807, 2.05) is 12.2 Å². The monoisotopic (exact) mass is 1450 g/mol. The van der Waals surface area contributed by atoms with E-state index in [-0.39, 0.29) is 25.7 Å². The molecule has 5 unspecified atom stereocenters. The van der Waals surface area contributed by atoms with E-state index in [9.17, 15) is 43.2 Å². The van der Waals surface area contributed by atoms with Crippen molar-refractivity contribution in [2.75, 3.05) is 39.6 Å². The van der Waals surface area contributed by atoms with Crippen LogP contribution in [0.4, 0.5) is 0 Å². The first kappa shape index (κ1) is 95.7. The largest absolute Gasteiger partial charge is 0.472 e. The number of unbranched alkanes of at least 4 members (excludes halogenated alkanes) is 29. The van der Waals surface area contributed by atoms with Crippen molar-refractivity contribution in [1.29, 1.82) is 0 Å². The van der Waals surface area contributed by atoms with Crippen molar-refractivity contribution in [2.45, 2.75) is 341 Å². The van der Waals surface area contributed by atoms with Crippen molar-refractivity contribution >= 4 is 39.5 Å². The summed E-state index contributed by atoms with van der Waals surface area (Å²) >= 11 is 0. The second-order valence-corrected chi connectivity index (χ2v) is 28.8. The number of esters is 4. The summed E-state index contributed by atoms with van der Waals surface area (Å²) in [4.78, 5) is 72.9. The highest BCUT2D eigenvalue weighted by atomic mass is 31.2. The standard InChI is InChI=1S/C81H140O17P2/c1-5-9-13-17-21-25-29-33-36-37-40-43-46-50-54-58-62-66-79(84)92-71-76(97-80(85)67-63-59-55-51-47-41-32-28-24-20-16-12-8-4)73-95-99(87,88)93-69-75(82)70-94-100(89,90)96-74-77(98-81(86)68-64-60-56-52-48-44-39-35-31-27-23-19-15-11-7-3)72-91-78(83)65-61-57-53-49-45-42-38-34-30-26-22-18-14-10-6-2/h9,13,21-23,25-27,33-36,38-40,43,50,54,75-77,82H,5-8,10-12,14-20,24,28-32,37,41-42,44-49,51-53,55-74H2,1-4H3,(H,87,88)(H,89,90)/b13-9-,25-21-,26-22-,27-23-,36-33-,38-34-,39-35-,43-40-,54-50-. The molecule has 0 fully saturated rings. The van der Waals surface area contributed by atoms with Crippen LogP contribution >= 0.6 is 15.6 Å². The Morgan fingerprint density at radius 2 is 0.530 bits per heavy atom. The number of rotatable bonds is 73. The number of ether oxygens (including phenoxy) is 4. The SMILES string of the molecule is CC/C=C\C/C=C\C/C=C\C/C=C\C/C=C\CCCC(=O)OCC(COP(=O)(O)OCC(O)COP(=O)(O)OCC(COC(=O)CCCCCCC/C=C\C/C=C\CCCCC)OC(=O)CCCCCCC/C=C\C/C=C\CCCCC)OC(=O)CCCCCCCCCCCCCCC. The number of phosphoric acid groups is 2. The van der Waals surface area contributed by atoms with E-state index in [1.54, 1.807) is 0 Å². The Hall–Kier alpha value is -4.28. The molecular weight excluding hydrogens is 1310 g/mol. The fraction of sp³-hybridized carbons (Fsp3) is 0.728. The van der Waals surface area contributed by atoms with E-state index in [2.05, 4.69) is 125 Å². The average Bonchev–Trinajstić information content (AvgIpc) is 0.965. The number of carbonyl (C=O) groups is 4. The summed E-state index contributed by atoms with van der Waals surface area (Å²) in [5, 5.41) is 10.6. The average molecular weight is 1450 g/mol. The Bertz CT molecular complexity index is 2320. The Kier molecular flexibility index (Phi) is 69.9. The van der Waals surface area contributed by atoms with E-state index in [4.69, 9.17) is 37.0 Å². The lowest BCUT2D eigenvalue weighted by Crippen LogP contribution is -2.30. The minimum atomic E-state index is -4.99. The molecule has 5 atom stereocenters. The first-order valence-corrected chi connectivity index (χ1v) is 42.1. The van der Waals surface area contributed by atoms with Gasteiger partial charge in [-0.05, 0) is 128 Å². The highest BCUT2D eigenvalue weighted by Gasteiger charge is 2.30. The van der Waals surface area contributed by atoms with Gasteiger partial charge in [-0.1, -0.05) is 278 Å². The molecule has 576 valence electrons. The molecule has 0 amide bonds. The van der Waals surface area contributed by atoms with Gasteiger partial charge in [-0.25, -0.2) is 9.13 Å². The molecule has 0 spiro atoms. The molecule has 0 aliphatic heterocycles. The Morgan fingerprint density at radius 3 is 0.860 bits per heavy atom. The van der Waals surface area contributed by atoms with Gasteiger partial charge in [-0.15, -0.1) is 0 Å². The van der Waals surface area contributed by atoms with E-state index in [0.717, 1.165) is 148 Å². The van der Waals surface area contributed by atoms with Gasteiger partial charge in [0.05, 0.1) is 26.4 Å². The van der Waals surface area contributed by atoms with Gasteiger partial charge < -0.3 is 33.8 Å². The van der Waals surface area contributed by atoms with Crippen molar-refractivity contribution in [2.24, 2.45) is 0 Å². The van der Waals surface area contributed by atoms with E-state index >= 15 is 0 Å². The maximum atomic E-state index is 13.1. The molecule has 3 N–H and O–H groups in total. The molecule has 0 aromatic rings. The summed E-state index contributed by atoms with van der Waals surface area (Å²) in [6, 6.07) is 0. The lowest BCUT2D eigenvalue weighted by atomic mass is 10.0. The summed E-state index contributed by atoms with van der Waals surface area (Å²) < 4.78 is 68.5. The van der Waals surface area contributed by atoms with Crippen LogP contribution in [0, 0.1) is 0 Å². The molecule has 0 aromatic carbocycles. The molecule has 0 aromatic heterocycles. The Balaban J connectivity index is 5.41. The third-order valence-corrected chi connectivity index (χ3v) is 18.1. The summed E-state index contributed by atoms with van der Waals surface area (Å²) in [5.41, 5.74) is 0. The zero-order chi connectivity index (χ0) is 73.2. The zero-order valence-electron chi connectivity index (χ0n) is 62.8. The first-order valence-electron chi connectivity index (χ1n) is 39.1. The van der Waals surface area contributed by atoms with Crippen molar-refractivity contribution in [1.82, 2.24) is 0 Å². The first-order chi connectivity index (χ1) is 48.7. The fourth-order valence-electron chi connectivity index (χ4n) is 10.3. The number of aliphatic hydroxyl groups excluding tert-OH is 1.